The molecule has 7 nitrogen and oxygen atoms in total. The van der Waals surface area contributed by atoms with Crippen LogP contribution in [0.25, 0.3) is 0 Å². The smallest absolute Gasteiger partial charge is 0.229 e. The molecule has 3 aliphatic heterocycles. The third kappa shape index (κ3) is 3.45. The maximum atomic E-state index is 12.8. The molecule has 3 amide bonds. The number of nitrogens with zero attached hydrogens (tertiary/aromatic N) is 2. The Bertz CT molecular complexity index is 868. The lowest BCUT2D eigenvalue weighted by Crippen LogP contribution is -2.53. The van der Waals surface area contributed by atoms with E-state index in [1.165, 1.54) is 4.90 Å². The van der Waals surface area contributed by atoms with Crippen LogP contribution in [-0.2, 0) is 24.2 Å². The second kappa shape index (κ2) is 7.31. The first-order chi connectivity index (χ1) is 13.4. The molecule has 0 radical (unpaired) electrons. The molecule has 3 aliphatic rings. The summed E-state index contributed by atoms with van der Waals surface area (Å²) in [6, 6.07) is 8.01. The molecule has 3 saturated heterocycles. The molecular formula is C20H24N2O5S. The fourth-order valence-corrected chi connectivity index (χ4v) is 6.11. The van der Waals surface area contributed by atoms with Crippen molar-refractivity contribution in [1.82, 2.24) is 9.80 Å². The van der Waals surface area contributed by atoms with Gasteiger partial charge in [-0.15, -0.1) is 0 Å². The van der Waals surface area contributed by atoms with Gasteiger partial charge in [-0.2, -0.15) is 0 Å². The second-order valence-corrected chi connectivity index (χ2v) is 9.96. The Morgan fingerprint density at radius 2 is 1.50 bits per heavy atom. The average molecular weight is 404 g/mol. The zero-order chi connectivity index (χ0) is 19.9. The van der Waals surface area contributed by atoms with Crippen molar-refractivity contribution in [2.24, 2.45) is 0 Å². The van der Waals surface area contributed by atoms with Gasteiger partial charge in [-0.05, 0) is 37.8 Å². The molecule has 2 unspecified atom stereocenters. The molecule has 150 valence electrons. The lowest BCUT2D eigenvalue weighted by molar-refractivity contribution is -0.144. The molecule has 0 aliphatic carbocycles. The Morgan fingerprint density at radius 3 is 2.07 bits per heavy atom. The Morgan fingerprint density at radius 1 is 0.929 bits per heavy atom. The summed E-state index contributed by atoms with van der Waals surface area (Å²) in [7, 11) is -3.49. The van der Waals surface area contributed by atoms with E-state index in [4.69, 9.17) is 0 Å². The average Bonchev–Trinajstić information content (AvgIpc) is 3.16. The van der Waals surface area contributed by atoms with Gasteiger partial charge in [0, 0.05) is 37.4 Å². The van der Waals surface area contributed by atoms with Crippen LogP contribution in [0.15, 0.2) is 35.2 Å². The summed E-state index contributed by atoms with van der Waals surface area (Å²) in [6.07, 6.45) is 3.41. The molecule has 28 heavy (non-hydrogen) atoms. The highest BCUT2D eigenvalue weighted by molar-refractivity contribution is 7.91. The number of hydrogen-bond acceptors (Lipinski definition) is 5. The number of amides is 3. The van der Waals surface area contributed by atoms with Gasteiger partial charge in [0.25, 0.3) is 0 Å². The molecule has 0 N–H and O–H groups in total. The molecule has 0 spiro atoms. The van der Waals surface area contributed by atoms with Gasteiger partial charge < -0.3 is 4.90 Å². The predicted molar refractivity (Wildman–Crippen MR) is 101 cm³/mol. The second-order valence-electron chi connectivity index (χ2n) is 7.85. The first-order valence-corrected chi connectivity index (χ1v) is 11.5. The molecule has 4 rings (SSSR count). The molecule has 1 aromatic carbocycles. The fraction of sp³-hybridized carbons (Fsp3) is 0.550. The highest BCUT2D eigenvalue weighted by atomic mass is 32.2. The van der Waals surface area contributed by atoms with E-state index in [2.05, 4.69) is 0 Å². The number of carbonyl (C=O) groups excluding carboxylic acids is 3. The van der Waals surface area contributed by atoms with Crippen LogP contribution >= 0.6 is 0 Å². The zero-order valence-electron chi connectivity index (χ0n) is 15.6. The van der Waals surface area contributed by atoms with E-state index in [-0.39, 0.29) is 65.8 Å². The van der Waals surface area contributed by atoms with Crippen molar-refractivity contribution < 1.29 is 22.8 Å². The number of hydrogen-bond donors (Lipinski definition) is 0. The zero-order valence-corrected chi connectivity index (χ0v) is 16.4. The van der Waals surface area contributed by atoms with Crippen LogP contribution in [0.5, 0.6) is 0 Å². The molecule has 3 fully saturated rings. The number of likely N-dealkylation sites (tertiary alicyclic amines) is 1. The van der Waals surface area contributed by atoms with E-state index in [1.807, 2.05) is 4.90 Å². The maximum Gasteiger partial charge on any atom is 0.229 e. The number of piperidine rings is 1. The normalized spacial score (nSPS) is 27.5. The van der Waals surface area contributed by atoms with Gasteiger partial charge in [-0.1, -0.05) is 18.2 Å². The molecule has 0 aromatic heterocycles. The minimum atomic E-state index is -3.49. The van der Waals surface area contributed by atoms with Crippen LogP contribution in [0.2, 0.25) is 0 Å². The number of fused-ring (bicyclic) bond motifs is 2. The van der Waals surface area contributed by atoms with Gasteiger partial charge in [0.2, 0.25) is 17.7 Å². The Labute approximate surface area is 164 Å². The molecule has 2 bridgehead atoms. The summed E-state index contributed by atoms with van der Waals surface area (Å²) in [4.78, 5) is 40.3. The Hall–Kier alpha value is -2.22. The summed E-state index contributed by atoms with van der Waals surface area (Å²) in [5, 5.41) is 0. The highest BCUT2D eigenvalue weighted by Crippen LogP contribution is 2.39. The lowest BCUT2D eigenvalue weighted by Gasteiger charge is -2.41. The predicted octanol–water partition coefficient (Wildman–Crippen LogP) is 1.52. The fourth-order valence-electron chi connectivity index (χ4n) is 4.86. The Balaban J connectivity index is 1.40. The number of rotatable bonds is 5. The van der Waals surface area contributed by atoms with Crippen LogP contribution in [0.3, 0.4) is 0 Å². The van der Waals surface area contributed by atoms with Gasteiger partial charge in [0.15, 0.2) is 9.84 Å². The molecule has 8 heteroatoms. The monoisotopic (exact) mass is 404 g/mol. The van der Waals surface area contributed by atoms with Gasteiger partial charge in [-0.3, -0.25) is 19.3 Å². The number of sulfone groups is 1. The van der Waals surface area contributed by atoms with Crippen molar-refractivity contribution in [2.75, 3.05) is 5.75 Å². The van der Waals surface area contributed by atoms with Gasteiger partial charge in [0.05, 0.1) is 10.6 Å². The minimum Gasteiger partial charge on any atom is -0.337 e. The highest BCUT2D eigenvalue weighted by Gasteiger charge is 2.47. The van der Waals surface area contributed by atoms with Crippen molar-refractivity contribution in [1.29, 1.82) is 0 Å². The van der Waals surface area contributed by atoms with Crippen molar-refractivity contribution in [2.45, 2.75) is 68.0 Å². The molecule has 0 saturated carbocycles. The van der Waals surface area contributed by atoms with Gasteiger partial charge >= 0.3 is 0 Å². The summed E-state index contributed by atoms with van der Waals surface area (Å²) in [6.45, 7) is 0. The Kier molecular flexibility index (Phi) is 4.99. The van der Waals surface area contributed by atoms with Gasteiger partial charge in [0.1, 0.15) is 0 Å². The quantitative estimate of drug-likeness (QED) is 0.694. The SMILES string of the molecule is O=C1CCC(=O)N1C1CC2CCC(C1)N2C(=O)CCS(=O)(=O)c1ccccc1. The van der Waals surface area contributed by atoms with Crippen molar-refractivity contribution >= 4 is 27.6 Å². The van der Waals surface area contributed by atoms with Crippen LogP contribution in [0.4, 0.5) is 0 Å². The largest absolute Gasteiger partial charge is 0.337 e. The van der Waals surface area contributed by atoms with E-state index in [0.29, 0.717) is 12.8 Å². The third-order valence-electron chi connectivity index (χ3n) is 6.14. The lowest BCUT2D eigenvalue weighted by atomic mass is 9.95. The molecular weight excluding hydrogens is 380 g/mol. The summed E-state index contributed by atoms with van der Waals surface area (Å²) >= 11 is 0. The number of benzene rings is 1. The molecule has 3 heterocycles. The van der Waals surface area contributed by atoms with Crippen LogP contribution in [0.1, 0.15) is 44.9 Å². The van der Waals surface area contributed by atoms with E-state index >= 15 is 0 Å². The van der Waals surface area contributed by atoms with Crippen LogP contribution in [0, 0.1) is 0 Å². The van der Waals surface area contributed by atoms with E-state index in [0.717, 1.165) is 12.8 Å². The van der Waals surface area contributed by atoms with E-state index < -0.39 is 9.84 Å². The van der Waals surface area contributed by atoms with Crippen LogP contribution in [-0.4, -0.2) is 59.8 Å². The van der Waals surface area contributed by atoms with Crippen molar-refractivity contribution in [3.63, 3.8) is 0 Å². The topological polar surface area (TPSA) is 91.8 Å². The molecule has 1 aromatic rings. The first kappa shape index (κ1) is 19.1. The number of imide groups is 1. The minimum absolute atomic E-state index is 0.0168. The van der Waals surface area contributed by atoms with E-state index in [1.54, 1.807) is 30.3 Å². The third-order valence-corrected chi connectivity index (χ3v) is 7.87. The van der Waals surface area contributed by atoms with Crippen molar-refractivity contribution in [3.8, 4) is 0 Å². The van der Waals surface area contributed by atoms with Crippen molar-refractivity contribution in [3.05, 3.63) is 30.3 Å². The standard InChI is InChI=1S/C20H24N2O5S/c23-18-8-9-19(24)22(18)16-12-14-6-7-15(13-16)21(14)20(25)10-11-28(26,27)17-4-2-1-3-5-17/h1-5,14-16H,6-13H2. The van der Waals surface area contributed by atoms with Crippen LogP contribution < -0.4 is 0 Å². The number of carbonyl (C=O) groups is 3. The maximum absolute atomic E-state index is 12.8. The summed E-state index contributed by atoms with van der Waals surface area (Å²) in [5.74, 6) is -0.575. The van der Waals surface area contributed by atoms with E-state index in [9.17, 15) is 22.8 Å². The summed E-state index contributed by atoms with van der Waals surface area (Å²) in [5.41, 5.74) is 0. The molecule has 2 atom stereocenters. The van der Waals surface area contributed by atoms with Gasteiger partial charge in [-0.25, -0.2) is 8.42 Å². The summed E-state index contributed by atoms with van der Waals surface area (Å²) < 4.78 is 24.9. The first-order valence-electron chi connectivity index (χ1n) is 9.80.